The lowest BCUT2D eigenvalue weighted by atomic mass is 9.94. The second-order valence-electron chi connectivity index (χ2n) is 5.48. The van der Waals surface area contributed by atoms with Crippen LogP contribution in [-0.4, -0.2) is 22.8 Å². The van der Waals surface area contributed by atoms with E-state index in [4.69, 9.17) is 0 Å². The van der Waals surface area contributed by atoms with Gasteiger partial charge in [0.2, 0.25) is 5.91 Å². The van der Waals surface area contributed by atoms with E-state index in [1.165, 1.54) is 11.3 Å². The summed E-state index contributed by atoms with van der Waals surface area (Å²) in [5.74, 6) is -2.17. The Morgan fingerprint density at radius 1 is 1.08 bits per heavy atom. The number of benzene rings is 1. The maximum atomic E-state index is 12.2. The number of Topliss-reactive ketones (excluding diaryl/α,β-unsaturated/α-hetero) is 1. The zero-order chi connectivity index (χ0) is 17.5. The van der Waals surface area contributed by atoms with Crippen molar-refractivity contribution in [1.82, 2.24) is 5.32 Å². The minimum atomic E-state index is -0.987. The van der Waals surface area contributed by atoms with E-state index >= 15 is 0 Å². The maximum Gasteiger partial charge on any atom is 0.308 e. The molecule has 126 valence electrons. The molecule has 0 radical (unpaired) electrons. The summed E-state index contributed by atoms with van der Waals surface area (Å²) < 4.78 is 0. The van der Waals surface area contributed by atoms with Crippen LogP contribution in [0.2, 0.25) is 0 Å². The van der Waals surface area contributed by atoms with Gasteiger partial charge in [0.1, 0.15) is 0 Å². The van der Waals surface area contributed by atoms with Gasteiger partial charge in [0.05, 0.1) is 16.8 Å². The predicted octanol–water partition coefficient (Wildman–Crippen LogP) is 3.29. The van der Waals surface area contributed by atoms with E-state index in [1.54, 1.807) is 43.3 Å². The van der Waals surface area contributed by atoms with E-state index in [-0.39, 0.29) is 24.5 Å². The summed E-state index contributed by atoms with van der Waals surface area (Å²) in [5, 5.41) is 13.8. The highest BCUT2D eigenvalue weighted by atomic mass is 32.1. The van der Waals surface area contributed by atoms with Crippen LogP contribution in [0.15, 0.2) is 47.8 Å². The van der Waals surface area contributed by atoms with Crippen molar-refractivity contribution in [2.45, 2.75) is 25.8 Å². The molecule has 1 heterocycles. The fourth-order valence-corrected chi connectivity index (χ4v) is 3.03. The van der Waals surface area contributed by atoms with Gasteiger partial charge in [0.25, 0.3) is 0 Å². The summed E-state index contributed by atoms with van der Waals surface area (Å²) in [4.78, 5) is 36.1. The number of amides is 1. The molecule has 0 aliphatic rings. The molecule has 2 rings (SSSR count). The van der Waals surface area contributed by atoms with E-state index in [0.717, 1.165) is 5.56 Å². The van der Waals surface area contributed by atoms with Crippen molar-refractivity contribution in [1.29, 1.82) is 0 Å². The summed E-state index contributed by atoms with van der Waals surface area (Å²) in [5.41, 5.74) is 0.727. The molecule has 0 spiro atoms. The van der Waals surface area contributed by atoms with Gasteiger partial charge in [-0.1, -0.05) is 36.4 Å². The van der Waals surface area contributed by atoms with E-state index < -0.39 is 17.9 Å². The van der Waals surface area contributed by atoms with Crippen LogP contribution >= 0.6 is 11.3 Å². The Labute approximate surface area is 144 Å². The number of carboxylic acids is 1. The van der Waals surface area contributed by atoms with Crippen LogP contribution in [0.4, 0.5) is 0 Å². The standard InChI is InChI=1S/C18H19NO4S/c1-12(18(22)23)17(13-6-3-2-4-7-13)19-16(21)10-9-14(20)15-8-5-11-24-15/h2-8,11-12,17H,9-10H2,1H3,(H,19,21)(H,22,23). The minimum Gasteiger partial charge on any atom is -0.481 e. The number of nitrogens with one attached hydrogen (secondary N) is 1. The SMILES string of the molecule is CC(C(=O)O)C(NC(=O)CCC(=O)c1cccs1)c1ccccc1. The Balaban J connectivity index is 1.99. The Kier molecular flexibility index (Phi) is 6.26. The van der Waals surface area contributed by atoms with Crippen molar-refractivity contribution >= 4 is 29.0 Å². The highest BCUT2D eigenvalue weighted by Crippen LogP contribution is 2.22. The number of aliphatic carboxylic acids is 1. The van der Waals surface area contributed by atoms with E-state index in [9.17, 15) is 19.5 Å². The number of carbonyl (C=O) groups excluding carboxylic acids is 2. The summed E-state index contributed by atoms with van der Waals surface area (Å²) in [6, 6.07) is 11.9. The summed E-state index contributed by atoms with van der Waals surface area (Å²) >= 11 is 1.34. The first kappa shape index (κ1) is 17.9. The largest absolute Gasteiger partial charge is 0.481 e. The van der Waals surface area contributed by atoms with Gasteiger partial charge in [0.15, 0.2) is 5.78 Å². The van der Waals surface area contributed by atoms with Crippen molar-refractivity contribution in [3.05, 3.63) is 58.3 Å². The van der Waals surface area contributed by atoms with E-state index in [0.29, 0.717) is 4.88 Å². The first-order valence-electron chi connectivity index (χ1n) is 7.63. The molecule has 6 heteroatoms. The molecule has 2 aromatic rings. The molecule has 2 N–H and O–H groups in total. The molecule has 5 nitrogen and oxygen atoms in total. The second-order valence-corrected chi connectivity index (χ2v) is 6.43. The van der Waals surface area contributed by atoms with Crippen molar-refractivity contribution < 1.29 is 19.5 Å². The Bertz CT molecular complexity index is 697. The smallest absolute Gasteiger partial charge is 0.308 e. The van der Waals surface area contributed by atoms with Gasteiger partial charge in [0, 0.05) is 12.8 Å². The summed E-state index contributed by atoms with van der Waals surface area (Å²) in [6.45, 7) is 1.55. The number of thiophene rings is 1. The molecule has 0 aliphatic carbocycles. The molecule has 0 aliphatic heterocycles. The van der Waals surface area contributed by atoms with Crippen LogP contribution in [0, 0.1) is 5.92 Å². The fraction of sp³-hybridized carbons (Fsp3) is 0.278. The van der Waals surface area contributed by atoms with Crippen LogP contribution in [0.1, 0.15) is 41.0 Å². The number of ketones is 1. The van der Waals surface area contributed by atoms with Crippen molar-refractivity contribution in [3.63, 3.8) is 0 Å². The van der Waals surface area contributed by atoms with Gasteiger partial charge in [-0.05, 0) is 23.9 Å². The highest BCUT2D eigenvalue weighted by Gasteiger charge is 2.26. The van der Waals surface area contributed by atoms with Crippen LogP contribution in [-0.2, 0) is 9.59 Å². The number of carboxylic acid groups (broad SMARTS) is 1. The first-order chi connectivity index (χ1) is 11.5. The third-order valence-corrected chi connectivity index (χ3v) is 4.65. The number of carbonyl (C=O) groups is 3. The Hall–Kier alpha value is -2.47. The molecule has 0 fully saturated rings. The second kappa shape index (κ2) is 8.40. The minimum absolute atomic E-state index is 0.0341. The van der Waals surface area contributed by atoms with Gasteiger partial charge in [-0.25, -0.2) is 0 Å². The van der Waals surface area contributed by atoms with E-state index in [1.807, 2.05) is 11.4 Å². The van der Waals surface area contributed by atoms with Gasteiger partial charge in [-0.3, -0.25) is 14.4 Å². The van der Waals surface area contributed by atoms with Crippen molar-refractivity contribution in [2.24, 2.45) is 5.92 Å². The van der Waals surface area contributed by atoms with Gasteiger partial charge in [-0.2, -0.15) is 0 Å². The number of hydrogen-bond acceptors (Lipinski definition) is 4. The van der Waals surface area contributed by atoms with Gasteiger partial charge < -0.3 is 10.4 Å². The van der Waals surface area contributed by atoms with Gasteiger partial charge in [-0.15, -0.1) is 11.3 Å². The lowest BCUT2D eigenvalue weighted by molar-refractivity contribution is -0.142. The van der Waals surface area contributed by atoms with Crippen LogP contribution in [0.3, 0.4) is 0 Å². The van der Waals surface area contributed by atoms with E-state index in [2.05, 4.69) is 5.32 Å². The molecule has 2 atom stereocenters. The normalized spacial score (nSPS) is 13.0. The first-order valence-corrected chi connectivity index (χ1v) is 8.51. The van der Waals surface area contributed by atoms with Gasteiger partial charge >= 0.3 is 5.97 Å². The summed E-state index contributed by atoms with van der Waals surface area (Å²) in [6.07, 6.45) is 0.141. The molecule has 0 saturated heterocycles. The predicted molar refractivity (Wildman–Crippen MR) is 92.0 cm³/mol. The number of hydrogen-bond donors (Lipinski definition) is 2. The quantitative estimate of drug-likeness (QED) is 0.719. The Morgan fingerprint density at radius 2 is 1.79 bits per heavy atom. The monoisotopic (exact) mass is 345 g/mol. The number of rotatable bonds is 8. The third kappa shape index (κ3) is 4.76. The maximum absolute atomic E-state index is 12.2. The van der Waals surface area contributed by atoms with Crippen molar-refractivity contribution in [3.8, 4) is 0 Å². The molecule has 0 bridgehead atoms. The fourth-order valence-electron chi connectivity index (χ4n) is 2.33. The molecule has 24 heavy (non-hydrogen) atoms. The Morgan fingerprint density at radius 3 is 2.38 bits per heavy atom. The zero-order valence-corrected chi connectivity index (χ0v) is 14.1. The van der Waals surface area contributed by atoms with Crippen LogP contribution < -0.4 is 5.32 Å². The van der Waals surface area contributed by atoms with Crippen LogP contribution in [0.5, 0.6) is 0 Å². The van der Waals surface area contributed by atoms with Crippen molar-refractivity contribution in [2.75, 3.05) is 0 Å². The average Bonchev–Trinajstić information content (AvgIpc) is 3.12. The summed E-state index contributed by atoms with van der Waals surface area (Å²) in [7, 11) is 0. The molecule has 1 aromatic heterocycles. The highest BCUT2D eigenvalue weighted by molar-refractivity contribution is 7.12. The molecule has 1 amide bonds. The third-order valence-electron chi connectivity index (χ3n) is 3.74. The molecular weight excluding hydrogens is 326 g/mol. The zero-order valence-electron chi connectivity index (χ0n) is 13.3. The molecule has 1 aromatic carbocycles. The molecule has 0 saturated carbocycles. The molecular formula is C18H19NO4S. The molecule has 2 unspecified atom stereocenters. The lowest BCUT2D eigenvalue weighted by Crippen LogP contribution is -2.35. The lowest BCUT2D eigenvalue weighted by Gasteiger charge is -2.23. The topological polar surface area (TPSA) is 83.5 Å². The average molecular weight is 345 g/mol. The van der Waals surface area contributed by atoms with Crippen LogP contribution in [0.25, 0.3) is 0 Å².